The van der Waals surface area contributed by atoms with Crippen LogP contribution < -0.4 is 9.88 Å². The summed E-state index contributed by atoms with van der Waals surface area (Å²) in [5.74, 6) is -1.42. The fourth-order valence-corrected chi connectivity index (χ4v) is 3.87. The highest BCUT2D eigenvalue weighted by atomic mass is 32.2. The molecule has 0 fully saturated rings. The van der Waals surface area contributed by atoms with Gasteiger partial charge in [0.25, 0.3) is 0 Å². The van der Waals surface area contributed by atoms with Gasteiger partial charge < -0.3 is 4.74 Å². The molecule has 3 heterocycles. The van der Waals surface area contributed by atoms with Gasteiger partial charge in [0, 0.05) is 18.8 Å². The Hall–Kier alpha value is -3.68. The van der Waals surface area contributed by atoms with E-state index in [0.717, 1.165) is 12.1 Å². The summed E-state index contributed by atoms with van der Waals surface area (Å²) >= 11 is 0. The van der Waals surface area contributed by atoms with Gasteiger partial charge in [0.2, 0.25) is 0 Å². The Labute approximate surface area is 199 Å². The molecule has 0 saturated carbocycles. The zero-order chi connectivity index (χ0) is 25.2. The van der Waals surface area contributed by atoms with Crippen molar-refractivity contribution in [1.82, 2.24) is 19.2 Å². The van der Waals surface area contributed by atoms with Crippen molar-refractivity contribution in [3.63, 3.8) is 0 Å². The number of nitrogens with zero attached hydrogens (tertiary/aromatic N) is 4. The number of rotatable bonds is 10. The summed E-state index contributed by atoms with van der Waals surface area (Å²) in [7, 11) is -4.04. The van der Waals surface area contributed by atoms with E-state index in [1.54, 1.807) is 35.9 Å². The van der Waals surface area contributed by atoms with Crippen molar-refractivity contribution in [3.05, 3.63) is 83.1 Å². The molecular formula is C22H21F2N5O5S. The maximum Gasteiger partial charge on any atom is 0.333 e. The molecule has 0 spiro atoms. The molecule has 0 saturated heterocycles. The molecular weight excluding hydrogens is 484 g/mol. The van der Waals surface area contributed by atoms with Crippen LogP contribution in [0.1, 0.15) is 27.3 Å². The number of imidazole rings is 1. The predicted molar refractivity (Wildman–Crippen MR) is 120 cm³/mol. The van der Waals surface area contributed by atoms with Gasteiger partial charge in [0.15, 0.2) is 17.2 Å². The van der Waals surface area contributed by atoms with E-state index in [2.05, 4.69) is 14.3 Å². The summed E-state index contributed by atoms with van der Waals surface area (Å²) in [6, 6.07) is 6.80. The van der Waals surface area contributed by atoms with Crippen LogP contribution in [0.3, 0.4) is 0 Å². The molecule has 2 N–H and O–H groups in total. The number of hydrogen-bond acceptors (Lipinski definition) is 7. The molecule has 3 aromatic heterocycles. The van der Waals surface area contributed by atoms with Crippen LogP contribution in [0.15, 0.2) is 48.9 Å². The molecule has 0 aliphatic heterocycles. The number of carbonyl (C=O) groups excluding carboxylic acids is 1. The fraction of sp³-hybridized carbons (Fsp3) is 0.227. The fourth-order valence-electron chi connectivity index (χ4n) is 3.56. The number of ether oxygens (including phenoxy) is 1. The van der Waals surface area contributed by atoms with Gasteiger partial charge in [0.1, 0.15) is 23.9 Å². The van der Waals surface area contributed by atoms with Crippen molar-refractivity contribution in [3.8, 4) is 5.75 Å². The van der Waals surface area contributed by atoms with E-state index in [1.807, 2.05) is 0 Å². The highest BCUT2D eigenvalue weighted by Gasteiger charge is 2.20. The van der Waals surface area contributed by atoms with Crippen molar-refractivity contribution in [2.75, 3.05) is 6.61 Å². The van der Waals surface area contributed by atoms with Crippen LogP contribution in [-0.2, 0) is 34.1 Å². The molecule has 10 nitrogen and oxygen atoms in total. The van der Waals surface area contributed by atoms with Gasteiger partial charge in [-0.15, -0.1) is 0 Å². The number of carbonyl (C=O) groups is 1. The van der Waals surface area contributed by atoms with Gasteiger partial charge >= 0.3 is 10.3 Å². The van der Waals surface area contributed by atoms with Gasteiger partial charge in [-0.1, -0.05) is 6.07 Å². The predicted octanol–water partition coefficient (Wildman–Crippen LogP) is 2.34. The average Bonchev–Trinajstić information content (AvgIpc) is 3.35. The van der Waals surface area contributed by atoms with E-state index in [0.29, 0.717) is 22.6 Å². The van der Waals surface area contributed by atoms with Gasteiger partial charge in [-0.05, 0) is 36.8 Å². The first kappa shape index (κ1) is 24.4. The Morgan fingerprint density at radius 1 is 1.17 bits per heavy atom. The van der Waals surface area contributed by atoms with E-state index >= 15 is 0 Å². The van der Waals surface area contributed by atoms with E-state index < -0.39 is 21.9 Å². The lowest BCUT2D eigenvalue weighted by molar-refractivity contribution is 0.0986. The number of hydrogen-bond donors (Lipinski definition) is 1. The van der Waals surface area contributed by atoms with Crippen LogP contribution in [0, 0.1) is 18.6 Å². The Bertz CT molecular complexity index is 1480. The molecule has 0 unspecified atom stereocenters. The number of aromatic nitrogens is 4. The number of Topliss-reactive ketones (excluding diaryl/α,β-unsaturated/α-hetero) is 1. The first-order chi connectivity index (χ1) is 16.6. The van der Waals surface area contributed by atoms with E-state index in [9.17, 15) is 22.0 Å². The van der Waals surface area contributed by atoms with Crippen LogP contribution in [0.2, 0.25) is 0 Å². The van der Waals surface area contributed by atoms with E-state index in [-0.39, 0.29) is 43.3 Å². The second-order valence-corrected chi connectivity index (χ2v) is 8.85. The molecule has 4 rings (SSSR count). The first-order valence-electron chi connectivity index (χ1n) is 10.4. The molecule has 0 bridgehead atoms. The maximum atomic E-state index is 13.9. The van der Waals surface area contributed by atoms with Crippen molar-refractivity contribution in [1.29, 1.82) is 0 Å². The highest BCUT2D eigenvalue weighted by Crippen LogP contribution is 2.25. The summed E-state index contributed by atoms with van der Waals surface area (Å²) in [4.78, 5) is 17.5. The molecule has 13 heteroatoms. The number of benzene rings is 1. The summed E-state index contributed by atoms with van der Waals surface area (Å²) in [5.41, 5.74) is 1.51. The minimum absolute atomic E-state index is 0.0101. The van der Waals surface area contributed by atoms with Gasteiger partial charge in [-0.25, -0.2) is 18.9 Å². The molecule has 1 aromatic carbocycles. The second kappa shape index (κ2) is 9.90. The SMILES string of the molecule is Cc1nc2c(OCc3c(F)cccc3F)cccn2c1C(=O)Cc1cnn(CCOS(N)(=O)=O)c1. The molecule has 4 aromatic rings. The largest absolute Gasteiger partial charge is 0.485 e. The zero-order valence-electron chi connectivity index (χ0n) is 18.5. The molecule has 184 valence electrons. The van der Waals surface area contributed by atoms with Crippen LogP contribution in [0.25, 0.3) is 5.65 Å². The Morgan fingerprint density at radius 3 is 2.63 bits per heavy atom. The summed E-state index contributed by atoms with van der Waals surface area (Å²) in [5, 5.41) is 8.86. The normalized spacial score (nSPS) is 11.8. The van der Waals surface area contributed by atoms with E-state index in [4.69, 9.17) is 9.88 Å². The van der Waals surface area contributed by atoms with E-state index in [1.165, 1.54) is 16.9 Å². The Kier molecular flexibility index (Phi) is 6.91. The van der Waals surface area contributed by atoms with Gasteiger partial charge in [0.05, 0.1) is 30.6 Å². The number of ketones is 1. The minimum Gasteiger partial charge on any atom is -0.485 e. The molecule has 0 atom stereocenters. The third-order valence-electron chi connectivity index (χ3n) is 5.11. The van der Waals surface area contributed by atoms with Gasteiger partial charge in [-0.2, -0.15) is 13.5 Å². The van der Waals surface area contributed by atoms with Crippen molar-refractivity contribution < 1.29 is 30.9 Å². The van der Waals surface area contributed by atoms with Crippen LogP contribution in [-0.4, -0.2) is 40.0 Å². The Morgan fingerprint density at radius 2 is 1.91 bits per heavy atom. The molecule has 0 aliphatic carbocycles. The maximum absolute atomic E-state index is 13.9. The lowest BCUT2D eigenvalue weighted by atomic mass is 10.1. The zero-order valence-corrected chi connectivity index (χ0v) is 19.3. The number of aryl methyl sites for hydroxylation is 1. The second-order valence-electron chi connectivity index (χ2n) is 7.63. The number of fused-ring (bicyclic) bond motifs is 1. The highest BCUT2D eigenvalue weighted by molar-refractivity contribution is 7.84. The topological polar surface area (TPSA) is 131 Å². The lowest BCUT2D eigenvalue weighted by Crippen LogP contribution is -2.18. The smallest absolute Gasteiger partial charge is 0.333 e. The number of pyridine rings is 1. The standard InChI is InChI=1S/C22H21F2N5O5S/c1-14-21(19(30)10-15-11-26-28(12-15)8-9-34-35(25,31)32)29-7-3-6-20(22(29)27-14)33-13-16-17(23)4-2-5-18(16)24/h2-7,11-12H,8-10,13H2,1H3,(H2,25,31,32). The van der Waals surface area contributed by atoms with Crippen molar-refractivity contribution in [2.24, 2.45) is 5.14 Å². The molecule has 0 amide bonds. The summed E-state index contributed by atoms with van der Waals surface area (Å²) in [6.45, 7) is 1.26. The quantitative estimate of drug-likeness (QED) is 0.327. The third-order valence-corrected chi connectivity index (χ3v) is 5.60. The minimum atomic E-state index is -4.04. The van der Waals surface area contributed by atoms with Crippen LogP contribution in [0.5, 0.6) is 5.75 Å². The van der Waals surface area contributed by atoms with Crippen molar-refractivity contribution in [2.45, 2.75) is 26.5 Å². The Balaban J connectivity index is 1.50. The average molecular weight is 506 g/mol. The number of halogens is 2. The van der Waals surface area contributed by atoms with Crippen LogP contribution >= 0.6 is 0 Å². The first-order valence-corrected chi connectivity index (χ1v) is 11.8. The van der Waals surface area contributed by atoms with Gasteiger partial charge in [-0.3, -0.25) is 18.1 Å². The monoisotopic (exact) mass is 505 g/mol. The lowest BCUT2D eigenvalue weighted by Gasteiger charge is -2.09. The summed E-state index contributed by atoms with van der Waals surface area (Å²) < 4.78 is 62.7. The molecule has 0 radical (unpaired) electrons. The third kappa shape index (κ3) is 5.70. The molecule has 0 aliphatic rings. The van der Waals surface area contributed by atoms with Crippen molar-refractivity contribution >= 4 is 21.7 Å². The summed E-state index contributed by atoms with van der Waals surface area (Å²) in [6.07, 6.45) is 4.74. The molecule has 35 heavy (non-hydrogen) atoms. The van der Waals surface area contributed by atoms with Crippen LogP contribution in [0.4, 0.5) is 8.78 Å². The number of nitrogens with two attached hydrogens (primary N) is 1.